The van der Waals surface area contributed by atoms with Crippen molar-refractivity contribution in [1.82, 2.24) is 0 Å². The summed E-state index contributed by atoms with van der Waals surface area (Å²) in [5.74, 6) is -5.45. The summed E-state index contributed by atoms with van der Waals surface area (Å²) >= 11 is 0. The summed E-state index contributed by atoms with van der Waals surface area (Å²) in [4.78, 5) is 52.1. The Hall–Kier alpha value is -4.04. The van der Waals surface area contributed by atoms with Gasteiger partial charge in [-0.2, -0.15) is 0 Å². The zero-order chi connectivity index (χ0) is 31.1. The van der Waals surface area contributed by atoms with Crippen molar-refractivity contribution in [2.45, 2.75) is 66.4 Å². The predicted octanol–water partition coefficient (Wildman–Crippen LogP) is 4.99. The number of carbonyl (C=O) groups is 4. The number of allylic oxidation sites excluding steroid dienone is 1. The van der Waals surface area contributed by atoms with Crippen LogP contribution in [0.15, 0.2) is 53.3 Å². The highest BCUT2D eigenvalue weighted by molar-refractivity contribution is 6.24. The molecule has 0 saturated heterocycles. The molecule has 4 atom stereocenters. The largest absolute Gasteiger partial charge is 0.508 e. The molecule has 0 aromatic heterocycles. The predicted molar refractivity (Wildman–Crippen MR) is 156 cm³/mol. The number of fused-ring (bicyclic) bond motifs is 3. The Morgan fingerprint density at radius 3 is 2.14 bits per heavy atom. The van der Waals surface area contributed by atoms with E-state index in [4.69, 9.17) is 0 Å². The molecule has 2 aromatic carbocycles. The maximum Gasteiger partial charge on any atom is 0.203 e. The fourth-order valence-corrected chi connectivity index (χ4v) is 8.08. The molecule has 0 spiro atoms. The molecular formula is C34H36O8. The van der Waals surface area contributed by atoms with Crippen LogP contribution in [-0.2, 0) is 32.0 Å². The topological polar surface area (TPSA) is 149 Å². The van der Waals surface area contributed by atoms with Gasteiger partial charge in [0, 0.05) is 28.7 Å². The van der Waals surface area contributed by atoms with Crippen LogP contribution in [0.2, 0.25) is 0 Å². The van der Waals surface area contributed by atoms with Crippen molar-refractivity contribution in [2.24, 2.45) is 22.7 Å². The number of aliphatic hydroxyl groups is 3. The molecule has 2 aromatic rings. The van der Waals surface area contributed by atoms with Crippen molar-refractivity contribution in [1.29, 1.82) is 0 Å². The first-order valence-corrected chi connectivity index (χ1v) is 14.1. The highest BCUT2D eigenvalue weighted by Gasteiger charge is 2.72. The summed E-state index contributed by atoms with van der Waals surface area (Å²) in [7, 11) is 0. The van der Waals surface area contributed by atoms with Crippen LogP contribution in [0.5, 0.6) is 5.75 Å². The second-order valence-corrected chi connectivity index (χ2v) is 13.0. The van der Waals surface area contributed by atoms with Gasteiger partial charge in [-0.1, -0.05) is 58.0 Å². The van der Waals surface area contributed by atoms with E-state index in [0.717, 1.165) is 18.1 Å². The summed E-state index contributed by atoms with van der Waals surface area (Å²) in [5, 5.41) is 46.0. The molecule has 1 saturated carbocycles. The minimum atomic E-state index is -2.64. The molecular weight excluding hydrogens is 536 g/mol. The highest BCUT2D eigenvalue weighted by atomic mass is 16.3. The molecule has 5 rings (SSSR count). The molecule has 0 radical (unpaired) electrons. The smallest absolute Gasteiger partial charge is 0.203 e. The van der Waals surface area contributed by atoms with Crippen LogP contribution in [0.1, 0.15) is 64.7 Å². The van der Waals surface area contributed by atoms with Gasteiger partial charge < -0.3 is 20.4 Å². The lowest BCUT2D eigenvalue weighted by Gasteiger charge is -2.59. The van der Waals surface area contributed by atoms with E-state index in [1.807, 2.05) is 24.3 Å². The molecule has 0 amide bonds. The summed E-state index contributed by atoms with van der Waals surface area (Å²) < 4.78 is 0. The quantitative estimate of drug-likeness (QED) is 0.366. The summed E-state index contributed by atoms with van der Waals surface area (Å²) in [6, 6.07) is 10.5. The third-order valence-electron chi connectivity index (χ3n) is 9.61. The highest BCUT2D eigenvalue weighted by Crippen LogP contribution is 2.65. The van der Waals surface area contributed by atoms with Gasteiger partial charge in [-0.3, -0.25) is 19.2 Å². The monoisotopic (exact) mass is 572 g/mol. The van der Waals surface area contributed by atoms with Gasteiger partial charge in [0.25, 0.3) is 0 Å². The number of phenolic OH excluding ortho intramolecular Hbond substituents is 1. The first-order valence-electron chi connectivity index (χ1n) is 14.1. The SMILES string of the molecule is CC(=O)Cc1ccc(-c2ccc(O)c3c2C[C@]2(C)C[C@]4(C)C(C(C)C)C(=O)C(C(C)=O)=C(O)[C@]4(O)C(=O)C2=C3O)cc1. The number of aromatic hydroxyl groups is 1. The van der Waals surface area contributed by atoms with Crippen LogP contribution >= 0.6 is 0 Å². The minimum absolute atomic E-state index is 0.0253. The molecule has 4 N–H and O–H groups in total. The number of carbonyl (C=O) groups excluding carboxylic acids is 4. The number of rotatable bonds is 5. The molecule has 0 bridgehead atoms. The normalized spacial score (nSPS) is 28.9. The average Bonchev–Trinajstić information content (AvgIpc) is 2.86. The van der Waals surface area contributed by atoms with Gasteiger partial charge >= 0.3 is 0 Å². The van der Waals surface area contributed by atoms with Gasteiger partial charge in [-0.25, -0.2) is 0 Å². The first-order chi connectivity index (χ1) is 19.5. The Balaban J connectivity index is 1.76. The van der Waals surface area contributed by atoms with Gasteiger partial charge in [0.15, 0.2) is 17.2 Å². The molecule has 3 aliphatic carbocycles. The molecule has 0 aliphatic heterocycles. The molecule has 220 valence electrons. The van der Waals surface area contributed by atoms with Crippen LogP contribution in [0.25, 0.3) is 16.9 Å². The number of Topliss-reactive ketones (excluding diaryl/α,β-unsaturated/α-hetero) is 4. The molecule has 8 nitrogen and oxygen atoms in total. The number of ketones is 4. The van der Waals surface area contributed by atoms with Crippen molar-refractivity contribution in [3.63, 3.8) is 0 Å². The van der Waals surface area contributed by atoms with Crippen molar-refractivity contribution in [3.05, 3.63) is 70.0 Å². The van der Waals surface area contributed by atoms with Crippen LogP contribution in [0.3, 0.4) is 0 Å². The van der Waals surface area contributed by atoms with Gasteiger partial charge in [0.1, 0.15) is 28.6 Å². The Bertz CT molecular complexity index is 1640. The molecule has 3 aliphatic rings. The van der Waals surface area contributed by atoms with Crippen molar-refractivity contribution >= 4 is 28.9 Å². The zero-order valence-corrected chi connectivity index (χ0v) is 24.7. The van der Waals surface area contributed by atoms with Gasteiger partial charge in [0.2, 0.25) is 5.78 Å². The zero-order valence-electron chi connectivity index (χ0n) is 24.7. The van der Waals surface area contributed by atoms with Crippen molar-refractivity contribution < 1.29 is 39.6 Å². The van der Waals surface area contributed by atoms with E-state index >= 15 is 0 Å². The lowest BCUT2D eigenvalue weighted by atomic mass is 9.43. The molecule has 1 unspecified atom stereocenters. The Kier molecular flexibility index (Phi) is 6.66. The Morgan fingerprint density at radius 2 is 1.60 bits per heavy atom. The first kappa shape index (κ1) is 29.5. The van der Waals surface area contributed by atoms with Crippen LogP contribution < -0.4 is 0 Å². The van der Waals surface area contributed by atoms with E-state index < -0.39 is 62.7 Å². The van der Waals surface area contributed by atoms with Crippen LogP contribution in [-0.4, -0.2) is 49.2 Å². The number of phenols is 1. The number of hydrogen-bond acceptors (Lipinski definition) is 8. The molecule has 1 fully saturated rings. The lowest BCUT2D eigenvalue weighted by Crippen LogP contribution is -2.69. The number of benzene rings is 2. The maximum atomic E-state index is 14.4. The van der Waals surface area contributed by atoms with Crippen LogP contribution in [0.4, 0.5) is 0 Å². The second-order valence-electron chi connectivity index (χ2n) is 13.0. The third-order valence-corrected chi connectivity index (χ3v) is 9.61. The molecule has 42 heavy (non-hydrogen) atoms. The van der Waals surface area contributed by atoms with Crippen molar-refractivity contribution in [3.8, 4) is 16.9 Å². The number of aliphatic hydroxyl groups excluding tert-OH is 2. The fraction of sp³-hybridized carbons (Fsp3) is 0.412. The van der Waals surface area contributed by atoms with E-state index in [0.29, 0.717) is 17.5 Å². The lowest BCUT2D eigenvalue weighted by molar-refractivity contribution is -0.178. The van der Waals surface area contributed by atoms with Gasteiger partial charge in [0.05, 0.1) is 5.56 Å². The summed E-state index contributed by atoms with van der Waals surface area (Å²) in [6.07, 6.45) is 0.504. The molecule has 8 heteroatoms. The van der Waals surface area contributed by atoms with E-state index in [-0.39, 0.29) is 35.5 Å². The van der Waals surface area contributed by atoms with Crippen molar-refractivity contribution in [2.75, 3.05) is 0 Å². The van der Waals surface area contributed by atoms with Gasteiger partial charge in [-0.05, 0) is 60.9 Å². The standard InChI is InChI=1S/C34H36O8/c1-16(2)26-28(38)24(18(4)36)30(40)34(42)31(41)27-29(39)25-22(14-32(27,5)15-33(26,34)6)21(11-12-23(25)37)20-9-7-19(8-10-20)13-17(3)35/h7-12,16,26,37,39-40,42H,13-15H2,1-6H3/t26?,32-,33-,34+/m1/s1. The summed E-state index contributed by atoms with van der Waals surface area (Å²) in [5.41, 5.74) is -3.04. The van der Waals surface area contributed by atoms with E-state index in [1.165, 1.54) is 13.0 Å². The average molecular weight is 573 g/mol. The minimum Gasteiger partial charge on any atom is -0.508 e. The molecule has 0 heterocycles. The van der Waals surface area contributed by atoms with Gasteiger partial charge in [-0.15, -0.1) is 0 Å². The Labute approximate surface area is 244 Å². The fourth-order valence-electron chi connectivity index (χ4n) is 8.08. The second kappa shape index (κ2) is 9.49. The third kappa shape index (κ3) is 3.84. The number of hydrogen-bond donors (Lipinski definition) is 4. The van der Waals surface area contributed by atoms with E-state index in [1.54, 1.807) is 33.8 Å². The van der Waals surface area contributed by atoms with Crippen LogP contribution in [0, 0.1) is 22.7 Å². The maximum absolute atomic E-state index is 14.4. The van der Waals surface area contributed by atoms with E-state index in [2.05, 4.69) is 0 Å². The van der Waals surface area contributed by atoms with E-state index in [9.17, 15) is 39.6 Å². The Morgan fingerprint density at radius 1 is 0.976 bits per heavy atom. The summed E-state index contributed by atoms with van der Waals surface area (Å²) in [6.45, 7) is 9.52.